The number of hydrogen-bond acceptors (Lipinski definition) is 8. The van der Waals surface area contributed by atoms with Gasteiger partial charge >= 0.3 is 0 Å². The normalized spacial score (nSPS) is 35.2. The second-order valence-electron chi connectivity index (χ2n) is 5.28. The van der Waals surface area contributed by atoms with Crippen LogP contribution in [-0.2, 0) is 14.2 Å². The highest BCUT2D eigenvalue weighted by Gasteiger charge is 2.56. The van der Waals surface area contributed by atoms with E-state index in [9.17, 15) is 20.4 Å². The third-order valence-corrected chi connectivity index (χ3v) is 4.32. The maximum Gasteiger partial charge on any atom is 0.214 e. The molecule has 23 heavy (non-hydrogen) atoms. The molecule has 0 saturated carbocycles. The number of hydrogen-bond donors (Lipinski definition) is 5. The molecule has 0 aromatic rings. The van der Waals surface area contributed by atoms with Crippen LogP contribution in [0.3, 0.4) is 0 Å². The average Bonchev–Trinajstić information content (AvgIpc) is 2.82. The fourth-order valence-corrected chi connectivity index (χ4v) is 2.69. The number of rotatable bonds is 10. The van der Waals surface area contributed by atoms with Gasteiger partial charge in [-0.3, -0.25) is 0 Å². The number of aliphatic hydroxyl groups is 5. The van der Waals surface area contributed by atoms with Crippen molar-refractivity contribution in [3.8, 4) is 0 Å². The van der Waals surface area contributed by atoms with Gasteiger partial charge in [-0.15, -0.1) is 23.2 Å². The van der Waals surface area contributed by atoms with Gasteiger partial charge in [0.25, 0.3) is 0 Å². The molecule has 138 valence electrons. The smallest absolute Gasteiger partial charge is 0.214 e. The first-order chi connectivity index (χ1) is 10.9. The number of alkyl halides is 2. The summed E-state index contributed by atoms with van der Waals surface area (Å²) < 4.78 is 16.3. The highest BCUT2D eigenvalue weighted by atomic mass is 35.5. The van der Waals surface area contributed by atoms with Crippen molar-refractivity contribution < 1.29 is 39.7 Å². The van der Waals surface area contributed by atoms with Gasteiger partial charge in [0.1, 0.15) is 24.4 Å². The third-order valence-electron chi connectivity index (χ3n) is 3.65. The molecule has 0 amide bonds. The van der Waals surface area contributed by atoms with Crippen LogP contribution in [0.15, 0.2) is 0 Å². The number of halogens is 2. The Morgan fingerprint density at radius 1 is 1.22 bits per heavy atom. The average molecular weight is 379 g/mol. The van der Waals surface area contributed by atoms with Gasteiger partial charge in [0.2, 0.25) is 5.79 Å². The first kappa shape index (κ1) is 21.3. The molecule has 1 aliphatic rings. The second kappa shape index (κ2) is 9.67. The SMILES string of the molecule is CCC(CO)O[C@H](O[C@@]1(CCl)O[C@H](CCl)[C@H](O)[C@H]1O)[C@@H](O)CO. The lowest BCUT2D eigenvalue weighted by molar-refractivity contribution is -0.340. The van der Waals surface area contributed by atoms with Gasteiger partial charge in [-0.2, -0.15) is 0 Å². The van der Waals surface area contributed by atoms with E-state index in [4.69, 9.17) is 42.5 Å². The highest BCUT2D eigenvalue weighted by molar-refractivity contribution is 6.19. The summed E-state index contributed by atoms with van der Waals surface area (Å²) in [5, 5.41) is 48.3. The minimum absolute atomic E-state index is 0.109. The summed E-state index contributed by atoms with van der Waals surface area (Å²) in [6.07, 6.45) is -6.95. The fourth-order valence-electron chi connectivity index (χ4n) is 2.16. The molecule has 0 bridgehead atoms. The van der Waals surface area contributed by atoms with Crippen LogP contribution >= 0.6 is 23.2 Å². The Bertz CT molecular complexity index is 346. The summed E-state index contributed by atoms with van der Waals surface area (Å²) in [6, 6.07) is 0. The Labute approximate surface area is 144 Å². The van der Waals surface area contributed by atoms with E-state index in [0.717, 1.165) is 0 Å². The largest absolute Gasteiger partial charge is 0.394 e. The molecule has 10 heteroatoms. The molecule has 8 nitrogen and oxygen atoms in total. The molecule has 0 spiro atoms. The van der Waals surface area contributed by atoms with Crippen LogP contribution in [0, 0.1) is 0 Å². The zero-order valence-corrected chi connectivity index (χ0v) is 14.2. The Morgan fingerprint density at radius 2 is 1.87 bits per heavy atom. The molecular weight excluding hydrogens is 355 g/mol. The second-order valence-corrected chi connectivity index (χ2v) is 5.85. The Kier molecular flexibility index (Phi) is 8.95. The predicted octanol–water partition coefficient (Wildman–Crippen LogP) is -1.24. The van der Waals surface area contributed by atoms with E-state index in [2.05, 4.69) is 0 Å². The van der Waals surface area contributed by atoms with Gasteiger partial charge in [0.15, 0.2) is 6.29 Å². The van der Waals surface area contributed by atoms with Crippen molar-refractivity contribution >= 4 is 23.2 Å². The summed E-state index contributed by atoms with van der Waals surface area (Å²) >= 11 is 11.5. The summed E-state index contributed by atoms with van der Waals surface area (Å²) in [6.45, 7) is 0.718. The maximum atomic E-state index is 10.2. The minimum atomic E-state index is -1.87. The molecule has 7 atom stereocenters. The van der Waals surface area contributed by atoms with E-state index in [0.29, 0.717) is 6.42 Å². The van der Waals surface area contributed by atoms with Gasteiger partial charge in [-0.05, 0) is 6.42 Å². The monoisotopic (exact) mass is 378 g/mol. The van der Waals surface area contributed by atoms with E-state index < -0.39 is 49.2 Å². The standard InChI is InChI=1S/C13H24Cl2O8/c1-2-7(4-16)21-12(8(18)5-17)23-13(6-15)11(20)10(19)9(3-14)22-13/h7-12,16-20H,2-6H2,1H3/t7?,8-,9+,10-,11+,12+,13+/m0/s1. The van der Waals surface area contributed by atoms with Gasteiger partial charge in [-0.1, -0.05) is 6.92 Å². The first-order valence-electron chi connectivity index (χ1n) is 7.27. The Balaban J connectivity index is 2.94. The van der Waals surface area contributed by atoms with Crippen molar-refractivity contribution in [2.45, 2.75) is 55.9 Å². The predicted molar refractivity (Wildman–Crippen MR) is 81.3 cm³/mol. The van der Waals surface area contributed by atoms with Crippen molar-refractivity contribution in [3.63, 3.8) is 0 Å². The zero-order chi connectivity index (χ0) is 17.6. The fraction of sp³-hybridized carbons (Fsp3) is 1.00. The van der Waals surface area contributed by atoms with Crippen molar-refractivity contribution in [3.05, 3.63) is 0 Å². The molecule has 0 aromatic heterocycles. The molecule has 1 rings (SSSR count). The van der Waals surface area contributed by atoms with Crippen molar-refractivity contribution in [1.29, 1.82) is 0 Å². The Morgan fingerprint density at radius 3 is 2.26 bits per heavy atom. The molecule has 0 aromatic carbocycles. The van der Waals surface area contributed by atoms with Crippen LogP contribution in [0.4, 0.5) is 0 Å². The molecule has 0 radical (unpaired) electrons. The highest BCUT2D eigenvalue weighted by Crippen LogP contribution is 2.36. The van der Waals surface area contributed by atoms with E-state index in [1.54, 1.807) is 6.92 Å². The van der Waals surface area contributed by atoms with Crippen molar-refractivity contribution in [1.82, 2.24) is 0 Å². The number of ether oxygens (including phenoxy) is 3. The molecular formula is C13H24Cl2O8. The molecule has 5 N–H and O–H groups in total. The summed E-state index contributed by atoms with van der Waals surface area (Å²) in [5.41, 5.74) is 0. The number of aliphatic hydroxyl groups excluding tert-OH is 5. The van der Waals surface area contributed by atoms with Gasteiger partial charge in [0.05, 0.1) is 31.1 Å². The van der Waals surface area contributed by atoms with Crippen LogP contribution < -0.4 is 0 Å². The van der Waals surface area contributed by atoms with E-state index in [-0.39, 0.29) is 18.4 Å². The van der Waals surface area contributed by atoms with Crippen molar-refractivity contribution in [2.24, 2.45) is 0 Å². The summed E-state index contributed by atoms with van der Waals surface area (Å²) in [5.74, 6) is -2.36. The Hall–Kier alpha value is 0.260. The van der Waals surface area contributed by atoms with Crippen molar-refractivity contribution in [2.75, 3.05) is 25.0 Å². The first-order valence-corrected chi connectivity index (χ1v) is 8.34. The van der Waals surface area contributed by atoms with E-state index >= 15 is 0 Å². The molecule has 0 aliphatic carbocycles. The molecule has 1 saturated heterocycles. The quantitative estimate of drug-likeness (QED) is 0.236. The lowest BCUT2D eigenvalue weighted by atomic mass is 10.1. The van der Waals surface area contributed by atoms with Crippen LogP contribution in [-0.4, -0.2) is 93.1 Å². The maximum absolute atomic E-state index is 10.2. The van der Waals surface area contributed by atoms with Crippen LogP contribution in [0.25, 0.3) is 0 Å². The van der Waals surface area contributed by atoms with Crippen LogP contribution in [0.1, 0.15) is 13.3 Å². The van der Waals surface area contributed by atoms with E-state index in [1.807, 2.05) is 0 Å². The minimum Gasteiger partial charge on any atom is -0.394 e. The van der Waals surface area contributed by atoms with Crippen LogP contribution in [0.5, 0.6) is 0 Å². The van der Waals surface area contributed by atoms with Crippen LogP contribution in [0.2, 0.25) is 0 Å². The van der Waals surface area contributed by atoms with Gasteiger partial charge in [0, 0.05) is 0 Å². The molecule has 1 aliphatic heterocycles. The lowest BCUT2D eigenvalue weighted by Gasteiger charge is -2.36. The molecule has 1 unspecified atom stereocenters. The topological polar surface area (TPSA) is 129 Å². The zero-order valence-electron chi connectivity index (χ0n) is 12.7. The molecule has 1 heterocycles. The molecule has 1 fully saturated rings. The lowest BCUT2D eigenvalue weighted by Crippen LogP contribution is -2.53. The van der Waals surface area contributed by atoms with Gasteiger partial charge in [-0.25, -0.2) is 0 Å². The van der Waals surface area contributed by atoms with E-state index in [1.165, 1.54) is 0 Å². The third kappa shape index (κ3) is 4.88. The summed E-state index contributed by atoms with van der Waals surface area (Å²) in [4.78, 5) is 0. The van der Waals surface area contributed by atoms with Gasteiger partial charge < -0.3 is 39.7 Å². The summed E-state index contributed by atoms with van der Waals surface area (Å²) in [7, 11) is 0.